The second kappa shape index (κ2) is 7.18. The standard InChI is InChI=1S/C13H17ClFN3O2S/c1-10(6-7-16)18(3)21(19,20)17(2)9-11-8-12(14)4-5-13(11)15/h4-5,8,10H,6,9H2,1-3H3/t10-/m1/s1. The van der Waals surface area contributed by atoms with E-state index in [9.17, 15) is 12.8 Å². The Bertz CT molecular complexity index is 645. The summed E-state index contributed by atoms with van der Waals surface area (Å²) < 4.78 is 40.4. The zero-order valence-electron chi connectivity index (χ0n) is 12.0. The summed E-state index contributed by atoms with van der Waals surface area (Å²) in [5.41, 5.74) is 0.190. The Kier molecular flexibility index (Phi) is 6.10. The number of hydrogen-bond acceptors (Lipinski definition) is 3. The Morgan fingerprint density at radius 3 is 2.62 bits per heavy atom. The van der Waals surface area contributed by atoms with E-state index in [1.807, 2.05) is 6.07 Å². The average molecular weight is 334 g/mol. The van der Waals surface area contributed by atoms with E-state index in [1.165, 1.54) is 32.3 Å². The lowest BCUT2D eigenvalue weighted by atomic mass is 10.2. The Labute approximate surface area is 129 Å². The van der Waals surface area contributed by atoms with Gasteiger partial charge in [0, 0.05) is 37.3 Å². The minimum atomic E-state index is -3.78. The molecular formula is C13H17ClFN3O2S. The van der Waals surface area contributed by atoms with Crippen molar-refractivity contribution in [1.82, 2.24) is 8.61 Å². The molecule has 1 aromatic carbocycles. The van der Waals surface area contributed by atoms with Crippen molar-refractivity contribution >= 4 is 21.8 Å². The number of hydrogen-bond donors (Lipinski definition) is 0. The summed E-state index contributed by atoms with van der Waals surface area (Å²) >= 11 is 5.79. The Balaban J connectivity index is 2.94. The molecule has 0 aliphatic rings. The van der Waals surface area contributed by atoms with Crippen molar-refractivity contribution in [2.45, 2.75) is 25.9 Å². The molecule has 8 heteroatoms. The van der Waals surface area contributed by atoms with Crippen molar-refractivity contribution in [3.05, 3.63) is 34.6 Å². The van der Waals surface area contributed by atoms with Gasteiger partial charge >= 0.3 is 0 Å². The van der Waals surface area contributed by atoms with Gasteiger partial charge in [-0.25, -0.2) is 4.39 Å². The molecule has 0 spiro atoms. The first-order valence-electron chi connectivity index (χ1n) is 6.20. The zero-order chi connectivity index (χ0) is 16.2. The summed E-state index contributed by atoms with van der Waals surface area (Å²) in [5, 5.41) is 8.98. The van der Waals surface area contributed by atoms with Gasteiger partial charge in [-0.15, -0.1) is 0 Å². The lowest BCUT2D eigenvalue weighted by Crippen LogP contribution is -2.43. The molecule has 0 unspecified atom stereocenters. The van der Waals surface area contributed by atoms with Crippen LogP contribution in [-0.4, -0.2) is 37.2 Å². The summed E-state index contributed by atoms with van der Waals surface area (Å²) in [7, 11) is -1.04. The molecule has 21 heavy (non-hydrogen) atoms. The molecule has 0 heterocycles. The third-order valence-corrected chi connectivity index (χ3v) is 5.41. The van der Waals surface area contributed by atoms with E-state index in [0.29, 0.717) is 5.02 Å². The topological polar surface area (TPSA) is 64.4 Å². The predicted octanol–water partition coefficient (Wildman–Crippen LogP) is 2.39. The van der Waals surface area contributed by atoms with Crippen LogP contribution in [0.25, 0.3) is 0 Å². The summed E-state index contributed by atoms with van der Waals surface area (Å²) in [5.74, 6) is -0.519. The van der Waals surface area contributed by atoms with Crippen LogP contribution in [0.2, 0.25) is 5.02 Å². The molecule has 0 saturated carbocycles. The maximum Gasteiger partial charge on any atom is 0.282 e. The van der Waals surface area contributed by atoms with Crippen molar-refractivity contribution in [3.8, 4) is 6.07 Å². The molecule has 1 atom stereocenters. The van der Waals surface area contributed by atoms with Crippen LogP contribution in [0.4, 0.5) is 4.39 Å². The van der Waals surface area contributed by atoms with Crippen LogP contribution in [0.5, 0.6) is 0 Å². The minimum absolute atomic E-state index is 0.0785. The van der Waals surface area contributed by atoms with E-state index in [1.54, 1.807) is 6.92 Å². The van der Waals surface area contributed by atoms with Crippen molar-refractivity contribution < 1.29 is 12.8 Å². The van der Waals surface area contributed by atoms with E-state index >= 15 is 0 Å². The molecule has 0 saturated heterocycles. The highest BCUT2D eigenvalue weighted by molar-refractivity contribution is 7.86. The summed E-state index contributed by atoms with van der Waals surface area (Å²) in [6.45, 7) is 1.49. The van der Waals surface area contributed by atoms with Crippen LogP contribution >= 0.6 is 11.6 Å². The maximum absolute atomic E-state index is 13.7. The summed E-state index contributed by atoms with van der Waals surface area (Å²) in [4.78, 5) is 0. The number of rotatable bonds is 6. The van der Waals surface area contributed by atoms with Gasteiger partial charge in [-0.2, -0.15) is 22.3 Å². The van der Waals surface area contributed by atoms with E-state index in [4.69, 9.17) is 16.9 Å². The van der Waals surface area contributed by atoms with E-state index < -0.39 is 22.1 Å². The molecular weight excluding hydrogens is 317 g/mol. The van der Waals surface area contributed by atoms with Gasteiger partial charge in [0.1, 0.15) is 5.82 Å². The van der Waals surface area contributed by atoms with Crippen LogP contribution < -0.4 is 0 Å². The van der Waals surface area contributed by atoms with Gasteiger partial charge in [0.05, 0.1) is 12.5 Å². The van der Waals surface area contributed by atoms with Crippen molar-refractivity contribution in [2.75, 3.05) is 14.1 Å². The zero-order valence-corrected chi connectivity index (χ0v) is 13.6. The fraction of sp³-hybridized carbons (Fsp3) is 0.462. The SMILES string of the molecule is C[C@H](CC#N)N(C)S(=O)(=O)N(C)Cc1cc(Cl)ccc1F. The second-order valence-corrected chi connectivity index (χ2v) is 7.26. The lowest BCUT2D eigenvalue weighted by Gasteiger charge is -2.28. The third kappa shape index (κ3) is 4.38. The molecule has 0 aliphatic carbocycles. The minimum Gasteiger partial charge on any atom is -0.207 e. The van der Waals surface area contributed by atoms with Gasteiger partial charge in [0.2, 0.25) is 0 Å². The molecule has 0 aromatic heterocycles. The summed E-state index contributed by atoms with van der Waals surface area (Å²) in [6.07, 6.45) is 0.0785. The second-order valence-electron chi connectivity index (χ2n) is 4.73. The molecule has 0 N–H and O–H groups in total. The monoisotopic (exact) mass is 333 g/mol. The van der Waals surface area contributed by atoms with Crippen molar-refractivity contribution in [1.29, 1.82) is 5.26 Å². The highest BCUT2D eigenvalue weighted by Crippen LogP contribution is 2.19. The van der Waals surface area contributed by atoms with Crippen LogP contribution in [0.1, 0.15) is 18.9 Å². The molecule has 0 bridgehead atoms. The van der Waals surface area contributed by atoms with E-state index in [2.05, 4.69) is 0 Å². The Morgan fingerprint density at radius 1 is 1.43 bits per heavy atom. The van der Waals surface area contributed by atoms with Gasteiger partial charge in [-0.1, -0.05) is 11.6 Å². The Morgan fingerprint density at radius 2 is 2.05 bits per heavy atom. The molecule has 0 radical (unpaired) electrons. The quantitative estimate of drug-likeness (QED) is 0.803. The molecule has 0 aliphatic heterocycles. The van der Waals surface area contributed by atoms with Crippen molar-refractivity contribution in [3.63, 3.8) is 0 Å². The molecule has 116 valence electrons. The first-order chi connectivity index (χ1) is 9.70. The Hall–Kier alpha value is -1.20. The molecule has 0 amide bonds. The van der Waals surface area contributed by atoms with Crippen LogP contribution in [-0.2, 0) is 16.8 Å². The smallest absolute Gasteiger partial charge is 0.207 e. The van der Waals surface area contributed by atoms with Gasteiger partial charge < -0.3 is 0 Å². The number of nitrogens with zero attached hydrogens (tertiary/aromatic N) is 3. The van der Waals surface area contributed by atoms with Crippen LogP contribution in [0, 0.1) is 17.1 Å². The maximum atomic E-state index is 13.7. The molecule has 0 fully saturated rings. The first-order valence-corrected chi connectivity index (χ1v) is 7.97. The summed E-state index contributed by atoms with van der Waals surface area (Å²) in [6, 6.07) is 5.44. The highest BCUT2D eigenvalue weighted by atomic mass is 35.5. The van der Waals surface area contributed by atoms with Crippen LogP contribution in [0.3, 0.4) is 0 Å². The first kappa shape index (κ1) is 17.9. The fourth-order valence-electron chi connectivity index (χ4n) is 1.69. The number of nitriles is 1. The van der Waals surface area contributed by atoms with E-state index in [-0.39, 0.29) is 18.5 Å². The predicted molar refractivity (Wildman–Crippen MR) is 79.3 cm³/mol. The number of benzene rings is 1. The highest BCUT2D eigenvalue weighted by Gasteiger charge is 2.28. The normalized spacial score (nSPS) is 13.4. The van der Waals surface area contributed by atoms with Gasteiger partial charge in [-0.3, -0.25) is 0 Å². The largest absolute Gasteiger partial charge is 0.282 e. The van der Waals surface area contributed by atoms with Crippen LogP contribution in [0.15, 0.2) is 18.2 Å². The molecule has 1 aromatic rings. The van der Waals surface area contributed by atoms with Gasteiger partial charge in [0.25, 0.3) is 10.2 Å². The van der Waals surface area contributed by atoms with E-state index in [0.717, 1.165) is 8.61 Å². The lowest BCUT2D eigenvalue weighted by molar-refractivity contribution is 0.343. The third-order valence-electron chi connectivity index (χ3n) is 3.17. The van der Waals surface area contributed by atoms with Crippen molar-refractivity contribution in [2.24, 2.45) is 0 Å². The average Bonchev–Trinajstić information content (AvgIpc) is 2.42. The number of halogens is 2. The molecule has 1 rings (SSSR count). The van der Waals surface area contributed by atoms with Gasteiger partial charge in [0.15, 0.2) is 0 Å². The van der Waals surface area contributed by atoms with Gasteiger partial charge in [-0.05, 0) is 25.1 Å². The fourth-order valence-corrected chi connectivity index (χ4v) is 3.16. The molecule has 5 nitrogen and oxygen atoms in total.